The second kappa shape index (κ2) is 8.22. The molecule has 0 unspecified atom stereocenters. The van der Waals surface area contributed by atoms with Gasteiger partial charge in [0.1, 0.15) is 11.6 Å². The molecule has 2 heterocycles. The highest BCUT2D eigenvalue weighted by molar-refractivity contribution is 7.89. The number of piperidine rings is 1. The molecule has 0 spiro atoms. The summed E-state index contributed by atoms with van der Waals surface area (Å²) in [6.07, 6.45) is 2.77. The van der Waals surface area contributed by atoms with E-state index in [0.717, 1.165) is 29.5 Å². The van der Waals surface area contributed by atoms with Gasteiger partial charge in [0, 0.05) is 13.1 Å². The molecular weight excluding hydrogens is 408 g/mol. The molecule has 1 saturated heterocycles. The minimum atomic E-state index is -3.62. The van der Waals surface area contributed by atoms with E-state index in [9.17, 15) is 13.2 Å². The van der Waals surface area contributed by atoms with Crippen LogP contribution in [0.5, 0.6) is 0 Å². The number of hydrogen-bond donors (Lipinski definition) is 0. The smallest absolute Gasteiger partial charge is 0.338 e. The molecule has 8 heteroatoms. The van der Waals surface area contributed by atoms with E-state index in [-0.39, 0.29) is 17.1 Å². The first-order valence-corrected chi connectivity index (χ1v) is 11.8. The number of para-hydroxylation sites is 1. The molecule has 0 saturated carbocycles. The van der Waals surface area contributed by atoms with Gasteiger partial charge < -0.3 is 4.74 Å². The Labute approximate surface area is 174 Å². The third-order valence-electron chi connectivity index (χ3n) is 5.02. The van der Waals surface area contributed by atoms with Crippen LogP contribution in [0.15, 0.2) is 47.4 Å². The number of carbonyl (C=O) groups is 1. The molecule has 152 valence electrons. The number of nitrogens with zero attached hydrogens (tertiary/aromatic N) is 2. The molecule has 0 N–H and O–H groups in total. The number of rotatable bonds is 5. The Morgan fingerprint density at radius 1 is 1.14 bits per heavy atom. The summed E-state index contributed by atoms with van der Waals surface area (Å²) in [7, 11) is -3.62. The van der Waals surface area contributed by atoms with E-state index in [0.29, 0.717) is 23.7 Å². The van der Waals surface area contributed by atoms with Crippen molar-refractivity contribution in [1.29, 1.82) is 0 Å². The van der Waals surface area contributed by atoms with Crippen LogP contribution in [0.25, 0.3) is 10.2 Å². The first-order chi connectivity index (χ1) is 13.9. The monoisotopic (exact) mass is 430 g/mol. The van der Waals surface area contributed by atoms with Crippen LogP contribution in [0.3, 0.4) is 0 Å². The Bertz CT molecular complexity index is 1120. The molecule has 29 heavy (non-hydrogen) atoms. The average molecular weight is 431 g/mol. The third-order valence-corrected chi connectivity index (χ3v) is 8.07. The largest absolute Gasteiger partial charge is 0.455 e. The van der Waals surface area contributed by atoms with Crippen LogP contribution in [-0.2, 0) is 21.4 Å². The predicted molar refractivity (Wildman–Crippen MR) is 113 cm³/mol. The van der Waals surface area contributed by atoms with Crippen molar-refractivity contribution in [2.75, 3.05) is 13.1 Å². The van der Waals surface area contributed by atoms with E-state index in [4.69, 9.17) is 4.74 Å². The number of benzene rings is 2. The number of fused-ring (bicyclic) bond motifs is 1. The predicted octanol–water partition coefficient (Wildman–Crippen LogP) is 4.14. The lowest BCUT2D eigenvalue weighted by Gasteiger charge is -2.26. The molecular formula is C21H22N2O4S2. The van der Waals surface area contributed by atoms with Gasteiger partial charge in [-0.25, -0.2) is 18.2 Å². The van der Waals surface area contributed by atoms with Crippen LogP contribution in [0, 0.1) is 6.92 Å². The van der Waals surface area contributed by atoms with Gasteiger partial charge in [0.05, 0.1) is 20.7 Å². The number of hydrogen-bond acceptors (Lipinski definition) is 6. The van der Waals surface area contributed by atoms with Crippen LogP contribution >= 0.6 is 11.3 Å². The zero-order valence-electron chi connectivity index (χ0n) is 16.1. The number of aryl methyl sites for hydroxylation is 1. The Kier molecular flexibility index (Phi) is 5.67. The van der Waals surface area contributed by atoms with Gasteiger partial charge >= 0.3 is 5.97 Å². The molecule has 2 aromatic carbocycles. The topological polar surface area (TPSA) is 76.6 Å². The fourth-order valence-corrected chi connectivity index (χ4v) is 6.09. The molecule has 1 aliphatic rings. The summed E-state index contributed by atoms with van der Waals surface area (Å²) in [6.45, 7) is 2.84. The summed E-state index contributed by atoms with van der Waals surface area (Å²) >= 11 is 1.47. The van der Waals surface area contributed by atoms with Crippen molar-refractivity contribution in [2.45, 2.75) is 37.7 Å². The summed E-state index contributed by atoms with van der Waals surface area (Å²) in [6, 6.07) is 12.4. The lowest BCUT2D eigenvalue weighted by molar-refractivity contribution is 0.0472. The van der Waals surface area contributed by atoms with Crippen LogP contribution in [0.1, 0.15) is 40.2 Å². The lowest BCUT2D eigenvalue weighted by atomic mass is 10.1. The van der Waals surface area contributed by atoms with Gasteiger partial charge in [0.2, 0.25) is 10.0 Å². The number of sulfonamides is 1. The van der Waals surface area contributed by atoms with E-state index < -0.39 is 16.0 Å². The molecule has 1 fully saturated rings. The van der Waals surface area contributed by atoms with Gasteiger partial charge in [0.15, 0.2) is 0 Å². The van der Waals surface area contributed by atoms with E-state index in [1.165, 1.54) is 21.7 Å². The van der Waals surface area contributed by atoms with Crippen LogP contribution in [-0.4, -0.2) is 36.8 Å². The molecule has 1 aliphatic heterocycles. The number of esters is 1. The third kappa shape index (κ3) is 4.19. The Morgan fingerprint density at radius 2 is 1.90 bits per heavy atom. The number of thiazole rings is 1. The molecule has 0 amide bonds. The van der Waals surface area contributed by atoms with Crippen molar-refractivity contribution in [3.05, 3.63) is 58.6 Å². The van der Waals surface area contributed by atoms with E-state index in [1.807, 2.05) is 24.3 Å². The summed E-state index contributed by atoms with van der Waals surface area (Å²) in [5, 5.41) is 0.702. The van der Waals surface area contributed by atoms with Crippen molar-refractivity contribution < 1.29 is 17.9 Å². The summed E-state index contributed by atoms with van der Waals surface area (Å²) < 4.78 is 34.0. The van der Waals surface area contributed by atoms with Gasteiger partial charge in [-0.05, 0) is 49.6 Å². The SMILES string of the molecule is Cc1ccc(C(=O)OCc2nc3ccccc3s2)cc1S(=O)(=O)N1CCCCC1. The van der Waals surface area contributed by atoms with E-state index in [2.05, 4.69) is 4.98 Å². The van der Waals surface area contributed by atoms with Gasteiger partial charge in [-0.3, -0.25) is 0 Å². The highest BCUT2D eigenvalue weighted by atomic mass is 32.2. The molecule has 1 aromatic heterocycles. The summed E-state index contributed by atoms with van der Waals surface area (Å²) in [4.78, 5) is 17.2. The maximum atomic E-state index is 13.0. The van der Waals surface area contributed by atoms with Crippen molar-refractivity contribution in [3.63, 3.8) is 0 Å². The fourth-order valence-electron chi connectivity index (χ4n) is 3.44. The van der Waals surface area contributed by atoms with Gasteiger partial charge in [-0.15, -0.1) is 11.3 Å². The van der Waals surface area contributed by atoms with Gasteiger partial charge in [-0.1, -0.05) is 24.6 Å². The van der Waals surface area contributed by atoms with Crippen molar-refractivity contribution >= 4 is 37.5 Å². The minimum Gasteiger partial charge on any atom is -0.455 e. The maximum Gasteiger partial charge on any atom is 0.338 e. The summed E-state index contributed by atoms with van der Waals surface area (Å²) in [5.74, 6) is -0.556. The van der Waals surface area contributed by atoms with Crippen molar-refractivity contribution in [3.8, 4) is 0 Å². The van der Waals surface area contributed by atoms with Gasteiger partial charge in [0.25, 0.3) is 0 Å². The fraction of sp³-hybridized carbons (Fsp3) is 0.333. The average Bonchev–Trinajstić information content (AvgIpc) is 3.16. The zero-order valence-corrected chi connectivity index (χ0v) is 17.8. The molecule has 0 atom stereocenters. The number of aromatic nitrogens is 1. The highest BCUT2D eigenvalue weighted by Crippen LogP contribution is 2.25. The highest BCUT2D eigenvalue weighted by Gasteiger charge is 2.28. The lowest BCUT2D eigenvalue weighted by Crippen LogP contribution is -2.36. The zero-order chi connectivity index (χ0) is 20.4. The standard InChI is InChI=1S/C21H22N2O4S2/c1-15-9-10-16(13-19(15)29(25,26)23-11-5-2-6-12-23)21(24)27-14-20-22-17-7-3-4-8-18(17)28-20/h3-4,7-10,13H,2,5-6,11-12,14H2,1H3. The molecule has 0 radical (unpaired) electrons. The molecule has 0 aliphatic carbocycles. The first-order valence-electron chi connectivity index (χ1n) is 9.57. The quantitative estimate of drug-likeness (QED) is 0.569. The second-order valence-electron chi connectivity index (χ2n) is 7.10. The number of carbonyl (C=O) groups excluding carboxylic acids is 1. The molecule has 4 rings (SSSR count). The molecule has 3 aromatic rings. The van der Waals surface area contributed by atoms with Crippen molar-refractivity contribution in [2.24, 2.45) is 0 Å². The Hall–Kier alpha value is -2.29. The van der Waals surface area contributed by atoms with E-state index >= 15 is 0 Å². The first kappa shape index (κ1) is 20.0. The maximum absolute atomic E-state index is 13.0. The second-order valence-corrected chi connectivity index (χ2v) is 10.1. The normalized spacial score (nSPS) is 15.5. The minimum absolute atomic E-state index is 0.0558. The van der Waals surface area contributed by atoms with Crippen molar-refractivity contribution in [1.82, 2.24) is 9.29 Å². The summed E-state index contributed by atoms with van der Waals surface area (Å²) in [5.41, 5.74) is 1.72. The van der Waals surface area contributed by atoms with Crippen LogP contribution < -0.4 is 0 Å². The van der Waals surface area contributed by atoms with Crippen LogP contribution in [0.2, 0.25) is 0 Å². The molecule has 0 bridgehead atoms. The Morgan fingerprint density at radius 3 is 2.66 bits per heavy atom. The molecule has 6 nitrogen and oxygen atoms in total. The number of ether oxygens (including phenoxy) is 1. The van der Waals surface area contributed by atoms with Gasteiger partial charge in [-0.2, -0.15) is 4.31 Å². The van der Waals surface area contributed by atoms with E-state index in [1.54, 1.807) is 19.1 Å². The Balaban J connectivity index is 1.52. The van der Waals surface area contributed by atoms with Crippen LogP contribution in [0.4, 0.5) is 0 Å².